The van der Waals surface area contributed by atoms with E-state index in [1.807, 2.05) is 49.4 Å². The number of carbonyl (C=O) groups excluding carboxylic acids is 1. The molecule has 3 aromatic carbocycles. The first-order valence-electron chi connectivity index (χ1n) is 11.7. The van der Waals surface area contributed by atoms with E-state index in [4.69, 9.17) is 18.9 Å². The molecule has 0 radical (unpaired) electrons. The molecule has 6 heteroatoms. The largest absolute Gasteiger partial charge is 0.481 e. The normalized spacial score (nSPS) is 17.8. The van der Waals surface area contributed by atoms with Crippen LogP contribution in [0.2, 0.25) is 0 Å². The van der Waals surface area contributed by atoms with Gasteiger partial charge in [-0.3, -0.25) is 0 Å². The monoisotopic (exact) mass is 462 g/mol. The molecule has 1 heterocycles. The van der Waals surface area contributed by atoms with Crippen molar-refractivity contribution in [2.24, 2.45) is 0 Å². The topological polar surface area (TPSA) is 54.0 Å². The Balaban J connectivity index is 1.51. The van der Waals surface area contributed by atoms with Gasteiger partial charge in [0, 0.05) is 24.7 Å². The van der Waals surface area contributed by atoms with Crippen LogP contribution in [0.25, 0.3) is 0 Å². The minimum absolute atomic E-state index is 0.361. The molecule has 1 aliphatic rings. The number of ether oxygens (including phenoxy) is 4. The molecule has 0 amide bonds. The fourth-order valence-electron chi connectivity index (χ4n) is 4.38. The maximum atomic E-state index is 12.0. The standard InChI is InChI=1S/C28H32NO5/c1-3-32-27(28(30)31-2)19-22-13-15-24(16-14-22)34-21-29(20-23-9-5-4-6-10-23)17-18-33-26-12-8-7-11-25(26)29/h4-16,27H,3,17-21H2,1-2H3/q+1. The summed E-state index contributed by atoms with van der Waals surface area (Å²) in [6.45, 7) is 5.07. The number of methoxy groups -OCH3 is 1. The number of quaternary nitrogens is 1. The van der Waals surface area contributed by atoms with Crippen molar-refractivity contribution < 1.29 is 23.7 Å². The van der Waals surface area contributed by atoms with E-state index in [-0.39, 0.29) is 5.97 Å². The van der Waals surface area contributed by atoms with Gasteiger partial charge in [-0.25, -0.2) is 9.28 Å². The van der Waals surface area contributed by atoms with Crippen LogP contribution in [0.15, 0.2) is 78.9 Å². The van der Waals surface area contributed by atoms with E-state index >= 15 is 0 Å². The lowest BCUT2D eigenvalue weighted by molar-refractivity contribution is -0.153. The predicted octanol–water partition coefficient (Wildman–Crippen LogP) is 4.74. The van der Waals surface area contributed by atoms with Crippen molar-refractivity contribution in [1.82, 2.24) is 4.48 Å². The van der Waals surface area contributed by atoms with Gasteiger partial charge in [0.2, 0.25) is 6.73 Å². The number of fused-ring (bicyclic) bond motifs is 1. The highest BCUT2D eigenvalue weighted by Gasteiger charge is 2.38. The van der Waals surface area contributed by atoms with Crippen molar-refractivity contribution in [3.05, 3.63) is 90.0 Å². The number of carbonyl (C=O) groups is 1. The fraction of sp³-hybridized carbons (Fsp3) is 0.321. The van der Waals surface area contributed by atoms with Crippen molar-refractivity contribution in [3.63, 3.8) is 0 Å². The van der Waals surface area contributed by atoms with Crippen LogP contribution in [0.5, 0.6) is 11.5 Å². The Bertz CT molecular complexity index is 1070. The van der Waals surface area contributed by atoms with Crippen molar-refractivity contribution in [2.75, 3.05) is 33.6 Å². The molecule has 0 N–H and O–H groups in total. The highest BCUT2D eigenvalue weighted by Crippen LogP contribution is 2.38. The van der Waals surface area contributed by atoms with Gasteiger partial charge in [-0.2, -0.15) is 0 Å². The molecular formula is C28H32NO5+. The fourth-order valence-corrected chi connectivity index (χ4v) is 4.38. The van der Waals surface area contributed by atoms with Crippen LogP contribution >= 0.6 is 0 Å². The average Bonchev–Trinajstić information content (AvgIpc) is 2.88. The maximum absolute atomic E-state index is 12.0. The third kappa shape index (κ3) is 5.58. The maximum Gasteiger partial charge on any atom is 0.335 e. The summed E-state index contributed by atoms with van der Waals surface area (Å²) in [5.74, 6) is 1.33. The van der Waals surface area contributed by atoms with Crippen LogP contribution in [0.1, 0.15) is 18.1 Å². The van der Waals surface area contributed by atoms with E-state index in [0.717, 1.165) is 35.8 Å². The van der Waals surface area contributed by atoms with Gasteiger partial charge in [0.05, 0.1) is 7.11 Å². The Labute approximate surface area is 201 Å². The lowest BCUT2D eigenvalue weighted by Crippen LogP contribution is -2.55. The van der Waals surface area contributed by atoms with E-state index in [0.29, 0.717) is 30.8 Å². The second-order valence-corrected chi connectivity index (χ2v) is 8.42. The lowest BCUT2D eigenvalue weighted by Gasteiger charge is -2.41. The Kier molecular flexibility index (Phi) is 7.83. The van der Waals surface area contributed by atoms with Crippen LogP contribution in [0.4, 0.5) is 5.69 Å². The summed E-state index contributed by atoms with van der Waals surface area (Å²) < 4.78 is 23.3. The van der Waals surface area contributed by atoms with E-state index in [9.17, 15) is 4.79 Å². The first-order chi connectivity index (χ1) is 16.6. The van der Waals surface area contributed by atoms with Crippen molar-refractivity contribution in [3.8, 4) is 11.5 Å². The summed E-state index contributed by atoms with van der Waals surface area (Å²) in [4.78, 5) is 12.0. The van der Waals surface area contributed by atoms with Gasteiger partial charge in [0.15, 0.2) is 17.5 Å². The first kappa shape index (κ1) is 23.8. The molecule has 0 saturated heterocycles. The second-order valence-electron chi connectivity index (χ2n) is 8.42. The smallest absolute Gasteiger partial charge is 0.335 e. The van der Waals surface area contributed by atoms with Crippen LogP contribution < -0.4 is 14.0 Å². The summed E-state index contributed by atoms with van der Waals surface area (Å²) in [7, 11) is 1.38. The van der Waals surface area contributed by atoms with Crippen LogP contribution in [-0.2, 0) is 27.2 Å². The molecule has 0 fully saturated rings. The Morgan fingerprint density at radius 2 is 1.71 bits per heavy atom. The van der Waals surface area contributed by atoms with Crippen molar-refractivity contribution >= 4 is 11.7 Å². The quantitative estimate of drug-likeness (QED) is 0.322. The zero-order valence-electron chi connectivity index (χ0n) is 19.8. The summed E-state index contributed by atoms with van der Waals surface area (Å²) in [6.07, 6.45) is -0.147. The van der Waals surface area contributed by atoms with Crippen LogP contribution in [0, 0.1) is 0 Å². The number of rotatable bonds is 10. The molecule has 0 aliphatic carbocycles. The SMILES string of the molecule is CCOC(Cc1ccc(OC[N+]2(Cc3ccccc3)CCOc3ccccc32)cc1)C(=O)OC. The molecule has 34 heavy (non-hydrogen) atoms. The minimum Gasteiger partial charge on any atom is -0.481 e. The number of hydrogen-bond donors (Lipinski definition) is 0. The van der Waals surface area contributed by atoms with Gasteiger partial charge < -0.3 is 18.9 Å². The molecule has 178 valence electrons. The predicted molar refractivity (Wildman–Crippen MR) is 132 cm³/mol. The van der Waals surface area contributed by atoms with Gasteiger partial charge in [-0.05, 0) is 30.7 Å². The lowest BCUT2D eigenvalue weighted by atomic mass is 10.1. The van der Waals surface area contributed by atoms with Crippen molar-refractivity contribution in [2.45, 2.75) is 26.0 Å². The Hall–Kier alpha value is -3.35. The summed E-state index contributed by atoms with van der Waals surface area (Å²) in [6, 6.07) is 26.5. The zero-order valence-corrected chi connectivity index (χ0v) is 19.8. The molecule has 2 atom stereocenters. The van der Waals surface area contributed by atoms with E-state index in [1.54, 1.807) is 0 Å². The second kappa shape index (κ2) is 11.2. The van der Waals surface area contributed by atoms with Crippen LogP contribution in [0.3, 0.4) is 0 Å². The zero-order chi connectivity index (χ0) is 23.8. The molecule has 3 aromatic rings. The molecule has 1 aliphatic heterocycles. The number of nitrogens with zero attached hydrogens (tertiary/aromatic N) is 1. The van der Waals surface area contributed by atoms with Gasteiger partial charge in [-0.1, -0.05) is 54.6 Å². The molecule has 6 nitrogen and oxygen atoms in total. The summed E-state index contributed by atoms with van der Waals surface area (Å²) in [5.41, 5.74) is 3.37. The third-order valence-electron chi connectivity index (χ3n) is 6.14. The number of esters is 1. The third-order valence-corrected chi connectivity index (χ3v) is 6.14. The number of para-hydroxylation sites is 2. The molecule has 0 aromatic heterocycles. The summed E-state index contributed by atoms with van der Waals surface area (Å²) in [5, 5.41) is 0. The van der Waals surface area contributed by atoms with Crippen LogP contribution in [-0.4, -0.2) is 45.7 Å². The van der Waals surface area contributed by atoms with Gasteiger partial charge in [-0.15, -0.1) is 0 Å². The average molecular weight is 463 g/mol. The van der Waals surface area contributed by atoms with E-state index in [1.165, 1.54) is 12.7 Å². The molecule has 0 saturated carbocycles. The highest BCUT2D eigenvalue weighted by atomic mass is 16.6. The van der Waals surface area contributed by atoms with Gasteiger partial charge in [0.25, 0.3) is 0 Å². The van der Waals surface area contributed by atoms with Gasteiger partial charge >= 0.3 is 5.97 Å². The molecular weight excluding hydrogens is 430 g/mol. The number of benzene rings is 3. The first-order valence-corrected chi connectivity index (χ1v) is 11.7. The van der Waals surface area contributed by atoms with E-state index < -0.39 is 6.10 Å². The summed E-state index contributed by atoms with van der Waals surface area (Å²) >= 11 is 0. The Morgan fingerprint density at radius 1 is 0.971 bits per heavy atom. The molecule has 0 spiro atoms. The highest BCUT2D eigenvalue weighted by molar-refractivity contribution is 5.75. The molecule has 0 bridgehead atoms. The molecule has 4 rings (SSSR count). The van der Waals surface area contributed by atoms with Crippen molar-refractivity contribution in [1.29, 1.82) is 0 Å². The minimum atomic E-state index is -0.605. The van der Waals surface area contributed by atoms with Gasteiger partial charge in [0.1, 0.15) is 25.4 Å². The Morgan fingerprint density at radius 3 is 2.44 bits per heavy atom. The number of hydrogen-bond acceptors (Lipinski definition) is 5. The molecule has 2 unspecified atom stereocenters. The van der Waals surface area contributed by atoms with E-state index in [2.05, 4.69) is 36.4 Å².